The molecule has 0 fully saturated rings. The minimum Gasteiger partial charge on any atom is -0.461 e. The largest absolute Gasteiger partial charge is 0.461 e. The summed E-state index contributed by atoms with van der Waals surface area (Å²) in [5.74, 6) is 4.87. The summed E-state index contributed by atoms with van der Waals surface area (Å²) >= 11 is 0. The van der Waals surface area contributed by atoms with E-state index in [1.165, 1.54) is 12.5 Å². The molecule has 0 atom stereocenters. The van der Waals surface area contributed by atoms with Crippen LogP contribution in [0, 0.1) is 6.92 Å². The van der Waals surface area contributed by atoms with Crippen LogP contribution in [-0.2, 0) is 0 Å². The van der Waals surface area contributed by atoms with E-state index in [-0.39, 0.29) is 11.5 Å². The van der Waals surface area contributed by atoms with Gasteiger partial charge in [0.25, 0.3) is 0 Å². The van der Waals surface area contributed by atoms with Crippen LogP contribution in [0.3, 0.4) is 0 Å². The van der Waals surface area contributed by atoms with Crippen LogP contribution in [0.2, 0.25) is 0 Å². The SMILES string of the molecule is Cc1cccc(N/N=C(/C=N\N)C(=O)c2ccco2)c1. The van der Waals surface area contributed by atoms with Gasteiger partial charge in [-0.1, -0.05) is 12.1 Å². The first-order valence-electron chi connectivity index (χ1n) is 5.92. The van der Waals surface area contributed by atoms with E-state index in [0.29, 0.717) is 0 Å². The van der Waals surface area contributed by atoms with E-state index in [9.17, 15) is 4.79 Å². The van der Waals surface area contributed by atoms with Crippen molar-refractivity contribution >= 4 is 23.4 Å². The van der Waals surface area contributed by atoms with Crippen molar-refractivity contribution < 1.29 is 9.21 Å². The van der Waals surface area contributed by atoms with Gasteiger partial charge in [-0.25, -0.2) is 0 Å². The van der Waals surface area contributed by atoms with Gasteiger partial charge in [-0.05, 0) is 36.8 Å². The molecule has 0 aliphatic heterocycles. The molecule has 0 unspecified atom stereocenters. The van der Waals surface area contributed by atoms with Crippen molar-refractivity contribution in [2.45, 2.75) is 6.92 Å². The number of aryl methyl sites for hydroxylation is 1. The highest BCUT2D eigenvalue weighted by molar-refractivity contribution is 6.64. The molecule has 1 aromatic heterocycles. The van der Waals surface area contributed by atoms with Crippen LogP contribution >= 0.6 is 0 Å². The summed E-state index contributed by atoms with van der Waals surface area (Å²) in [4.78, 5) is 12.1. The smallest absolute Gasteiger partial charge is 0.249 e. The predicted octanol–water partition coefficient (Wildman–Crippen LogP) is 2.18. The maximum absolute atomic E-state index is 12.1. The van der Waals surface area contributed by atoms with Crippen LogP contribution in [0.5, 0.6) is 0 Å². The quantitative estimate of drug-likeness (QED) is 0.377. The van der Waals surface area contributed by atoms with Crippen LogP contribution in [0.4, 0.5) is 5.69 Å². The summed E-state index contributed by atoms with van der Waals surface area (Å²) in [5.41, 5.74) is 4.70. The van der Waals surface area contributed by atoms with E-state index in [0.717, 1.165) is 11.3 Å². The summed E-state index contributed by atoms with van der Waals surface area (Å²) in [5, 5.41) is 7.35. The van der Waals surface area contributed by atoms with Crippen LogP contribution in [0.25, 0.3) is 0 Å². The second-order valence-corrected chi connectivity index (χ2v) is 4.06. The molecule has 20 heavy (non-hydrogen) atoms. The number of carbonyl (C=O) groups is 1. The van der Waals surface area contributed by atoms with Crippen molar-refractivity contribution in [3.63, 3.8) is 0 Å². The number of carbonyl (C=O) groups excluding carboxylic acids is 1. The van der Waals surface area contributed by atoms with Crippen molar-refractivity contribution in [2.24, 2.45) is 16.0 Å². The number of nitrogens with zero attached hydrogens (tertiary/aromatic N) is 2. The number of rotatable bonds is 5. The van der Waals surface area contributed by atoms with Gasteiger partial charge in [0.05, 0.1) is 18.2 Å². The molecule has 2 rings (SSSR count). The number of benzene rings is 1. The Hall–Kier alpha value is -2.89. The van der Waals surface area contributed by atoms with Crippen molar-refractivity contribution in [1.82, 2.24) is 0 Å². The van der Waals surface area contributed by atoms with E-state index in [2.05, 4.69) is 15.6 Å². The van der Waals surface area contributed by atoms with E-state index in [1.54, 1.807) is 12.1 Å². The summed E-state index contributed by atoms with van der Waals surface area (Å²) in [7, 11) is 0. The van der Waals surface area contributed by atoms with Gasteiger partial charge in [0.15, 0.2) is 11.5 Å². The highest BCUT2D eigenvalue weighted by atomic mass is 16.3. The van der Waals surface area contributed by atoms with Crippen molar-refractivity contribution in [3.8, 4) is 0 Å². The third-order valence-corrected chi connectivity index (χ3v) is 2.50. The zero-order valence-electron chi connectivity index (χ0n) is 10.9. The van der Waals surface area contributed by atoms with Gasteiger partial charge in [-0.2, -0.15) is 10.2 Å². The summed E-state index contributed by atoms with van der Waals surface area (Å²) in [6, 6.07) is 10.8. The van der Waals surface area contributed by atoms with Crippen molar-refractivity contribution in [1.29, 1.82) is 0 Å². The molecule has 0 saturated carbocycles. The fourth-order valence-corrected chi connectivity index (χ4v) is 1.58. The lowest BCUT2D eigenvalue weighted by Crippen LogP contribution is -2.18. The molecule has 6 nitrogen and oxygen atoms in total. The second kappa shape index (κ2) is 6.33. The molecular weight excluding hydrogens is 256 g/mol. The highest BCUT2D eigenvalue weighted by Crippen LogP contribution is 2.10. The molecule has 0 amide bonds. The molecule has 2 aromatic rings. The molecule has 0 spiro atoms. The molecule has 0 aliphatic carbocycles. The molecule has 1 heterocycles. The first kappa shape index (κ1) is 13.5. The molecule has 0 aliphatic rings. The molecule has 1 aromatic carbocycles. The molecular formula is C14H14N4O2. The van der Waals surface area contributed by atoms with E-state index >= 15 is 0 Å². The number of nitrogens with two attached hydrogens (primary N) is 1. The number of furan rings is 1. The van der Waals surface area contributed by atoms with E-state index < -0.39 is 5.78 Å². The third kappa shape index (κ3) is 3.32. The Morgan fingerprint density at radius 1 is 1.35 bits per heavy atom. The number of nitrogens with one attached hydrogen (secondary N) is 1. The standard InChI is InChI=1S/C14H14N4O2/c1-10-4-2-5-11(8-10)17-18-12(9-16-15)14(19)13-6-3-7-20-13/h2-9,17H,15H2,1H3/b16-9-,18-12-. The zero-order chi connectivity index (χ0) is 14.4. The highest BCUT2D eigenvalue weighted by Gasteiger charge is 2.15. The molecule has 3 N–H and O–H groups in total. The Bertz CT molecular complexity index is 645. The Kier molecular flexibility index (Phi) is 4.28. The average Bonchev–Trinajstić information content (AvgIpc) is 2.97. The third-order valence-electron chi connectivity index (χ3n) is 2.50. The van der Waals surface area contributed by atoms with Crippen LogP contribution in [0.15, 0.2) is 57.3 Å². The normalized spacial score (nSPS) is 11.8. The second-order valence-electron chi connectivity index (χ2n) is 4.06. The Morgan fingerprint density at radius 3 is 2.85 bits per heavy atom. The maximum Gasteiger partial charge on any atom is 0.249 e. The molecule has 0 bridgehead atoms. The topological polar surface area (TPSA) is 93.0 Å². The fraction of sp³-hybridized carbons (Fsp3) is 0.0714. The van der Waals surface area contributed by atoms with Crippen molar-refractivity contribution in [3.05, 3.63) is 54.0 Å². The number of hydrogen-bond donors (Lipinski definition) is 2. The number of Topliss-reactive ketones (excluding diaryl/α,β-unsaturated/α-hetero) is 1. The van der Waals surface area contributed by atoms with Gasteiger partial charge in [-0.3, -0.25) is 10.2 Å². The Balaban J connectivity index is 2.20. The zero-order valence-corrected chi connectivity index (χ0v) is 10.9. The van der Waals surface area contributed by atoms with E-state index in [4.69, 9.17) is 10.3 Å². The van der Waals surface area contributed by atoms with Gasteiger partial charge in [-0.15, -0.1) is 0 Å². The number of hydrazone groups is 2. The number of ketones is 1. The van der Waals surface area contributed by atoms with Gasteiger partial charge in [0.2, 0.25) is 5.78 Å². The monoisotopic (exact) mass is 270 g/mol. The summed E-state index contributed by atoms with van der Waals surface area (Å²) in [6.07, 6.45) is 2.59. The average molecular weight is 270 g/mol. The summed E-state index contributed by atoms with van der Waals surface area (Å²) < 4.78 is 5.03. The lowest BCUT2D eigenvalue weighted by atomic mass is 10.2. The lowest BCUT2D eigenvalue weighted by molar-refractivity contribution is 0.104. The van der Waals surface area contributed by atoms with Gasteiger partial charge < -0.3 is 10.3 Å². The fourth-order valence-electron chi connectivity index (χ4n) is 1.58. The lowest BCUT2D eigenvalue weighted by Gasteiger charge is -2.03. The number of anilines is 1. The van der Waals surface area contributed by atoms with Gasteiger partial charge in [0, 0.05) is 0 Å². The van der Waals surface area contributed by atoms with Crippen LogP contribution in [-0.4, -0.2) is 17.7 Å². The predicted molar refractivity (Wildman–Crippen MR) is 78.0 cm³/mol. The Labute approximate surface area is 116 Å². The van der Waals surface area contributed by atoms with Crippen LogP contribution in [0.1, 0.15) is 16.1 Å². The van der Waals surface area contributed by atoms with Gasteiger partial charge in [0.1, 0.15) is 0 Å². The first-order valence-corrected chi connectivity index (χ1v) is 5.92. The molecule has 0 radical (unpaired) electrons. The first-order chi connectivity index (χ1) is 9.70. The van der Waals surface area contributed by atoms with E-state index in [1.807, 2.05) is 31.2 Å². The Morgan fingerprint density at radius 2 is 2.20 bits per heavy atom. The molecule has 6 heteroatoms. The van der Waals surface area contributed by atoms with Crippen molar-refractivity contribution in [2.75, 3.05) is 5.43 Å². The molecule has 0 saturated heterocycles. The maximum atomic E-state index is 12.1. The van der Waals surface area contributed by atoms with Gasteiger partial charge >= 0.3 is 0 Å². The summed E-state index contributed by atoms with van der Waals surface area (Å²) in [6.45, 7) is 1.96. The van der Waals surface area contributed by atoms with Crippen LogP contribution < -0.4 is 11.3 Å². The minimum atomic E-state index is -0.399. The number of hydrogen-bond acceptors (Lipinski definition) is 6. The minimum absolute atomic E-state index is 0.0592. The molecule has 102 valence electrons.